The van der Waals surface area contributed by atoms with Crippen molar-refractivity contribution in [3.05, 3.63) is 0 Å². The van der Waals surface area contributed by atoms with Crippen molar-refractivity contribution in [1.82, 2.24) is 4.90 Å². The Kier molecular flexibility index (Phi) is 2.95. The van der Waals surface area contributed by atoms with Crippen LogP contribution in [0.5, 0.6) is 0 Å². The third kappa shape index (κ3) is 1.75. The fraction of sp³-hybridized carbons (Fsp3) is 0.889. The van der Waals surface area contributed by atoms with Crippen LogP contribution in [0.2, 0.25) is 0 Å². The second-order valence-electron chi connectivity index (χ2n) is 8.91. The summed E-state index contributed by atoms with van der Waals surface area (Å²) in [5.74, 6) is 1.97. The number of nitrogens with zero attached hydrogens (tertiary/aromatic N) is 2. The number of rotatable bonds is 2. The molecule has 120 valence electrons. The van der Waals surface area contributed by atoms with E-state index in [1.54, 1.807) is 0 Å². The highest BCUT2D eigenvalue weighted by molar-refractivity contribution is 5.85. The van der Waals surface area contributed by atoms with Gasteiger partial charge >= 0.3 is 0 Å². The van der Waals surface area contributed by atoms with Crippen molar-refractivity contribution in [2.24, 2.45) is 34.5 Å². The Morgan fingerprint density at radius 1 is 1.27 bits per heavy atom. The molecular formula is C18H26N2O2. The van der Waals surface area contributed by atoms with E-state index in [1.165, 1.54) is 12.8 Å². The maximum atomic E-state index is 12.9. The largest absolute Gasteiger partial charge is 0.396 e. The molecule has 22 heavy (non-hydrogen) atoms. The quantitative estimate of drug-likeness (QED) is 0.850. The number of hydrogen-bond donors (Lipinski definition) is 1. The van der Waals surface area contributed by atoms with E-state index in [9.17, 15) is 15.2 Å². The van der Waals surface area contributed by atoms with E-state index in [1.807, 2.05) is 13.8 Å². The van der Waals surface area contributed by atoms with Gasteiger partial charge in [-0.1, -0.05) is 13.8 Å². The second kappa shape index (κ2) is 4.47. The van der Waals surface area contributed by atoms with Gasteiger partial charge in [-0.25, -0.2) is 0 Å². The van der Waals surface area contributed by atoms with Gasteiger partial charge in [0.05, 0.1) is 16.9 Å². The number of aliphatic hydroxyl groups excluding tert-OH is 1. The third-order valence-corrected chi connectivity index (χ3v) is 7.29. The van der Waals surface area contributed by atoms with Gasteiger partial charge in [0.2, 0.25) is 5.91 Å². The summed E-state index contributed by atoms with van der Waals surface area (Å²) in [6, 6.07) is 2.95. The summed E-state index contributed by atoms with van der Waals surface area (Å²) in [5, 5.41) is 19.3. The van der Waals surface area contributed by atoms with Gasteiger partial charge in [0.15, 0.2) is 0 Å². The van der Waals surface area contributed by atoms with Crippen molar-refractivity contribution in [3.8, 4) is 6.07 Å². The number of likely N-dealkylation sites (tertiary alicyclic amines) is 1. The molecule has 5 rings (SSSR count). The molecule has 4 bridgehead atoms. The Bertz CT molecular complexity index is 534. The van der Waals surface area contributed by atoms with Crippen molar-refractivity contribution in [3.63, 3.8) is 0 Å². The maximum Gasteiger partial charge on any atom is 0.228 e. The number of carbonyl (C=O) groups excluding carboxylic acids is 1. The zero-order chi connectivity index (χ0) is 15.7. The van der Waals surface area contributed by atoms with Crippen LogP contribution in [-0.4, -0.2) is 35.1 Å². The van der Waals surface area contributed by atoms with Crippen LogP contribution in [0.1, 0.15) is 46.0 Å². The van der Waals surface area contributed by atoms with Crippen molar-refractivity contribution in [2.75, 3.05) is 13.2 Å². The molecule has 3 unspecified atom stereocenters. The molecule has 0 spiro atoms. The van der Waals surface area contributed by atoms with Crippen molar-refractivity contribution >= 4 is 5.91 Å². The zero-order valence-electron chi connectivity index (χ0n) is 13.6. The van der Waals surface area contributed by atoms with Gasteiger partial charge in [-0.15, -0.1) is 0 Å². The van der Waals surface area contributed by atoms with Gasteiger partial charge < -0.3 is 10.0 Å². The average molecular weight is 302 g/mol. The fourth-order valence-electron chi connectivity index (χ4n) is 6.28. The second-order valence-corrected chi connectivity index (χ2v) is 8.91. The molecule has 0 aromatic carbocycles. The first-order valence-corrected chi connectivity index (χ1v) is 8.73. The summed E-state index contributed by atoms with van der Waals surface area (Å²) in [6.07, 6.45) is 5.43. The van der Waals surface area contributed by atoms with E-state index in [-0.39, 0.29) is 23.8 Å². The summed E-state index contributed by atoms with van der Waals surface area (Å²) >= 11 is 0. The van der Waals surface area contributed by atoms with Gasteiger partial charge in [0, 0.05) is 25.1 Å². The van der Waals surface area contributed by atoms with Crippen LogP contribution >= 0.6 is 0 Å². The highest BCUT2D eigenvalue weighted by Crippen LogP contribution is 2.61. The van der Waals surface area contributed by atoms with Crippen molar-refractivity contribution in [1.29, 1.82) is 5.26 Å². The first-order chi connectivity index (χ1) is 10.4. The molecule has 5 aliphatic rings. The predicted octanol–water partition coefficient (Wildman–Crippen LogP) is 2.18. The molecule has 0 aromatic heterocycles. The Morgan fingerprint density at radius 3 is 2.41 bits per heavy atom. The summed E-state index contributed by atoms with van der Waals surface area (Å²) in [7, 11) is 0. The average Bonchev–Trinajstić information content (AvgIpc) is 2.69. The van der Waals surface area contributed by atoms with E-state index in [2.05, 4.69) is 11.0 Å². The number of amides is 1. The van der Waals surface area contributed by atoms with E-state index >= 15 is 0 Å². The van der Waals surface area contributed by atoms with Crippen molar-refractivity contribution in [2.45, 2.75) is 52.0 Å². The van der Waals surface area contributed by atoms with Crippen LogP contribution in [0.4, 0.5) is 0 Å². The van der Waals surface area contributed by atoms with E-state index in [0.29, 0.717) is 30.3 Å². The lowest BCUT2D eigenvalue weighted by Gasteiger charge is -2.59. The molecule has 4 heteroatoms. The Balaban J connectivity index is 1.63. The topological polar surface area (TPSA) is 64.3 Å². The molecule has 0 aromatic rings. The van der Waals surface area contributed by atoms with E-state index in [0.717, 1.165) is 19.3 Å². The molecule has 1 amide bonds. The van der Waals surface area contributed by atoms with Gasteiger partial charge in [-0.2, -0.15) is 5.26 Å². The monoisotopic (exact) mass is 302 g/mol. The summed E-state index contributed by atoms with van der Waals surface area (Å²) in [4.78, 5) is 15.0. The smallest absolute Gasteiger partial charge is 0.228 e. The standard InChI is InChI=1S/C18H26N2O2/c1-17(2)14(9-21)8-20(16(17)22)15-12-3-11-4-13(15)7-18(5-11,6-12)10-19/h11-15,21H,3-9H2,1-2H3. The zero-order valence-corrected chi connectivity index (χ0v) is 13.6. The molecule has 3 atom stereocenters. The SMILES string of the molecule is CC1(C)C(=O)N(C2C3CC4CC2CC(C#N)(C4)C3)CC1CO. The van der Waals surface area contributed by atoms with Crippen LogP contribution < -0.4 is 0 Å². The maximum absolute atomic E-state index is 12.9. The minimum absolute atomic E-state index is 0.0436. The highest BCUT2D eigenvalue weighted by atomic mass is 16.3. The van der Waals surface area contributed by atoms with Crippen molar-refractivity contribution < 1.29 is 9.90 Å². The molecule has 4 nitrogen and oxygen atoms in total. The minimum Gasteiger partial charge on any atom is -0.396 e. The van der Waals surface area contributed by atoms with Gasteiger partial charge in [-0.05, 0) is 49.9 Å². The molecule has 4 aliphatic carbocycles. The third-order valence-electron chi connectivity index (χ3n) is 7.29. The molecule has 0 radical (unpaired) electrons. The summed E-state index contributed by atoms with van der Waals surface area (Å²) in [5.41, 5.74) is -0.544. The predicted molar refractivity (Wildman–Crippen MR) is 81.5 cm³/mol. The van der Waals surface area contributed by atoms with Crippen LogP contribution in [0.3, 0.4) is 0 Å². The van der Waals surface area contributed by atoms with Gasteiger partial charge in [0.1, 0.15) is 0 Å². The Hall–Kier alpha value is -1.08. The van der Waals surface area contributed by atoms with Crippen LogP contribution in [0, 0.1) is 45.8 Å². The summed E-state index contributed by atoms with van der Waals surface area (Å²) in [6.45, 7) is 4.73. The summed E-state index contributed by atoms with van der Waals surface area (Å²) < 4.78 is 0. The fourth-order valence-corrected chi connectivity index (χ4v) is 6.28. The molecule has 4 saturated carbocycles. The number of aliphatic hydroxyl groups is 1. The molecule has 5 fully saturated rings. The molecule has 1 aliphatic heterocycles. The lowest BCUT2D eigenvalue weighted by molar-refractivity contribution is -0.147. The Morgan fingerprint density at radius 2 is 1.91 bits per heavy atom. The molecular weight excluding hydrogens is 276 g/mol. The highest BCUT2D eigenvalue weighted by Gasteiger charge is 2.60. The van der Waals surface area contributed by atoms with E-state index in [4.69, 9.17) is 0 Å². The molecule has 1 saturated heterocycles. The lowest BCUT2D eigenvalue weighted by Crippen LogP contribution is -2.59. The first kappa shape index (κ1) is 14.5. The Labute approximate surface area is 132 Å². The first-order valence-electron chi connectivity index (χ1n) is 8.73. The number of carbonyl (C=O) groups is 1. The van der Waals surface area contributed by atoms with Crippen LogP contribution in [-0.2, 0) is 4.79 Å². The van der Waals surface area contributed by atoms with E-state index < -0.39 is 5.41 Å². The van der Waals surface area contributed by atoms with Crippen LogP contribution in [0.25, 0.3) is 0 Å². The minimum atomic E-state index is -0.448. The van der Waals surface area contributed by atoms with Gasteiger partial charge in [-0.3, -0.25) is 4.79 Å². The van der Waals surface area contributed by atoms with Crippen LogP contribution in [0.15, 0.2) is 0 Å². The van der Waals surface area contributed by atoms with Gasteiger partial charge in [0.25, 0.3) is 0 Å². The lowest BCUT2D eigenvalue weighted by atomic mass is 9.48. The number of nitriles is 1. The molecule has 1 N–H and O–H groups in total. The normalized spacial score (nSPS) is 48.7. The number of hydrogen-bond acceptors (Lipinski definition) is 3. The molecule has 1 heterocycles.